The zero-order chi connectivity index (χ0) is 19.3. The minimum absolute atomic E-state index is 0.301. The van der Waals surface area contributed by atoms with Crippen LogP contribution in [0.25, 0.3) is 27.7 Å². The molecule has 0 amide bonds. The molecule has 9 heteroatoms. The fourth-order valence-corrected chi connectivity index (χ4v) is 3.14. The van der Waals surface area contributed by atoms with Crippen molar-refractivity contribution in [2.75, 3.05) is 5.32 Å². The molecule has 6 nitrogen and oxygen atoms in total. The maximum Gasteiger partial charge on any atom is 0.416 e. The van der Waals surface area contributed by atoms with Gasteiger partial charge in [0.25, 0.3) is 0 Å². The van der Waals surface area contributed by atoms with Crippen molar-refractivity contribution in [2.24, 2.45) is 0 Å². The quantitative estimate of drug-likeness (QED) is 0.485. The van der Waals surface area contributed by atoms with Gasteiger partial charge < -0.3 is 5.32 Å². The number of halogens is 3. The van der Waals surface area contributed by atoms with Crippen LogP contribution in [0.1, 0.15) is 5.56 Å². The van der Waals surface area contributed by atoms with Crippen molar-refractivity contribution < 1.29 is 13.2 Å². The fourth-order valence-electron chi connectivity index (χ4n) is 3.14. The lowest BCUT2D eigenvalue weighted by molar-refractivity contribution is -0.137. The molecule has 138 valence electrons. The Balaban J connectivity index is 1.77. The first kappa shape index (κ1) is 16.4. The Bertz CT molecular complexity index is 1340. The van der Waals surface area contributed by atoms with Gasteiger partial charge >= 0.3 is 6.18 Å². The summed E-state index contributed by atoms with van der Waals surface area (Å²) >= 11 is 0. The number of anilines is 2. The summed E-state index contributed by atoms with van der Waals surface area (Å²) in [5.74, 6) is 0. The van der Waals surface area contributed by atoms with E-state index in [1.807, 2.05) is 0 Å². The first-order chi connectivity index (χ1) is 13.5. The molecule has 0 fully saturated rings. The van der Waals surface area contributed by atoms with Gasteiger partial charge in [0.05, 0.1) is 29.2 Å². The standard InChI is InChI=1S/C19H11F3N6/c20-19(21,22)11-2-1-3-12(8-11)25-16-13-4-5-23-9-14(13)26-18-17(16)27-15-10-24-6-7-28(15)18/h1-10H,(H,25,26). The highest BCUT2D eigenvalue weighted by atomic mass is 19.4. The molecular formula is C19H11F3N6. The van der Waals surface area contributed by atoms with E-state index in [2.05, 4.69) is 25.3 Å². The highest BCUT2D eigenvalue weighted by molar-refractivity contribution is 6.07. The van der Waals surface area contributed by atoms with Crippen LogP contribution in [0, 0.1) is 0 Å². The first-order valence-electron chi connectivity index (χ1n) is 8.30. The van der Waals surface area contributed by atoms with Crippen molar-refractivity contribution in [3.8, 4) is 0 Å². The van der Waals surface area contributed by atoms with Gasteiger partial charge in [-0.15, -0.1) is 0 Å². The van der Waals surface area contributed by atoms with Gasteiger partial charge in [-0.05, 0) is 24.3 Å². The van der Waals surface area contributed by atoms with Crippen LogP contribution < -0.4 is 5.32 Å². The summed E-state index contributed by atoms with van der Waals surface area (Å²) in [6.45, 7) is 0. The van der Waals surface area contributed by atoms with Crippen LogP contribution in [-0.4, -0.2) is 24.3 Å². The van der Waals surface area contributed by atoms with Gasteiger partial charge in [-0.3, -0.25) is 14.4 Å². The number of imidazole rings is 1. The van der Waals surface area contributed by atoms with Crippen molar-refractivity contribution in [2.45, 2.75) is 6.18 Å². The average molecular weight is 380 g/mol. The summed E-state index contributed by atoms with van der Waals surface area (Å²) in [4.78, 5) is 17.3. The average Bonchev–Trinajstić information content (AvgIpc) is 3.06. The third-order valence-corrected chi connectivity index (χ3v) is 4.40. The van der Waals surface area contributed by atoms with Crippen LogP contribution in [0.15, 0.2) is 61.3 Å². The number of alkyl halides is 3. The molecule has 0 atom stereocenters. The largest absolute Gasteiger partial charge is 0.416 e. The third kappa shape index (κ3) is 2.59. The first-order valence-corrected chi connectivity index (χ1v) is 8.30. The van der Waals surface area contributed by atoms with Crippen molar-refractivity contribution in [1.82, 2.24) is 24.3 Å². The Morgan fingerprint density at radius 2 is 1.82 bits per heavy atom. The van der Waals surface area contributed by atoms with Gasteiger partial charge in [0.15, 0.2) is 11.3 Å². The Kier molecular flexibility index (Phi) is 3.45. The summed E-state index contributed by atoms with van der Waals surface area (Å²) < 4.78 is 41.0. The summed E-state index contributed by atoms with van der Waals surface area (Å²) in [6, 6.07) is 6.79. The molecule has 5 aromatic rings. The lowest BCUT2D eigenvalue weighted by atomic mass is 10.1. The van der Waals surface area contributed by atoms with Crippen LogP contribution in [0.5, 0.6) is 0 Å². The number of nitrogens with zero attached hydrogens (tertiary/aromatic N) is 5. The van der Waals surface area contributed by atoms with Crippen molar-refractivity contribution in [1.29, 1.82) is 0 Å². The molecule has 0 aliphatic heterocycles. The second kappa shape index (κ2) is 5.88. The highest BCUT2D eigenvalue weighted by Gasteiger charge is 2.30. The van der Waals surface area contributed by atoms with Gasteiger partial charge in [0.1, 0.15) is 5.52 Å². The zero-order valence-electron chi connectivity index (χ0n) is 14.1. The summed E-state index contributed by atoms with van der Waals surface area (Å²) in [5, 5.41) is 3.80. The topological polar surface area (TPSA) is 68.0 Å². The number of hydrogen-bond donors (Lipinski definition) is 1. The zero-order valence-corrected chi connectivity index (χ0v) is 14.1. The maximum atomic E-state index is 13.1. The van der Waals surface area contributed by atoms with Gasteiger partial charge in [-0.25, -0.2) is 9.97 Å². The smallest absolute Gasteiger partial charge is 0.353 e. The number of rotatable bonds is 2. The van der Waals surface area contributed by atoms with E-state index in [1.165, 1.54) is 6.07 Å². The third-order valence-electron chi connectivity index (χ3n) is 4.40. The maximum absolute atomic E-state index is 13.1. The molecule has 0 saturated heterocycles. The SMILES string of the molecule is FC(F)(F)c1cccc(Nc2c3ccncc3nc3c2nc2cnccn23)c1. The molecule has 5 rings (SSSR count). The molecule has 1 aromatic carbocycles. The number of fused-ring (bicyclic) bond motifs is 4. The molecule has 0 bridgehead atoms. The summed E-state index contributed by atoms with van der Waals surface area (Å²) in [6.07, 6.45) is 3.72. The minimum Gasteiger partial charge on any atom is -0.353 e. The molecule has 4 aromatic heterocycles. The molecule has 1 N–H and O–H groups in total. The Morgan fingerprint density at radius 3 is 2.68 bits per heavy atom. The second-order valence-corrected chi connectivity index (χ2v) is 6.17. The monoisotopic (exact) mass is 380 g/mol. The normalized spacial score (nSPS) is 12.1. The molecule has 0 unspecified atom stereocenters. The predicted molar refractivity (Wildman–Crippen MR) is 98.3 cm³/mol. The van der Waals surface area contributed by atoms with Crippen molar-refractivity contribution >= 4 is 39.1 Å². The van der Waals surface area contributed by atoms with E-state index < -0.39 is 11.7 Å². The Morgan fingerprint density at radius 1 is 0.964 bits per heavy atom. The lowest BCUT2D eigenvalue weighted by Crippen LogP contribution is -2.05. The van der Waals surface area contributed by atoms with E-state index in [9.17, 15) is 13.2 Å². The van der Waals surface area contributed by atoms with E-state index >= 15 is 0 Å². The van der Waals surface area contributed by atoms with Gasteiger partial charge in [0, 0.05) is 29.7 Å². The van der Waals surface area contributed by atoms with Crippen molar-refractivity contribution in [3.05, 3.63) is 66.9 Å². The molecular weight excluding hydrogens is 369 g/mol. The van der Waals surface area contributed by atoms with Crippen LogP contribution >= 0.6 is 0 Å². The number of pyridine rings is 2. The van der Waals surface area contributed by atoms with Gasteiger partial charge in [-0.2, -0.15) is 13.2 Å². The molecule has 0 saturated carbocycles. The van der Waals surface area contributed by atoms with Crippen LogP contribution in [0.3, 0.4) is 0 Å². The van der Waals surface area contributed by atoms with E-state index in [0.717, 1.165) is 12.1 Å². The Labute approximate surface area is 155 Å². The molecule has 0 spiro atoms. The molecule has 0 aliphatic rings. The number of nitrogens with one attached hydrogen (secondary N) is 1. The molecule has 0 radical (unpaired) electrons. The molecule has 28 heavy (non-hydrogen) atoms. The van der Waals surface area contributed by atoms with E-state index in [0.29, 0.717) is 39.1 Å². The van der Waals surface area contributed by atoms with E-state index in [-0.39, 0.29) is 0 Å². The van der Waals surface area contributed by atoms with Crippen LogP contribution in [0.4, 0.5) is 24.5 Å². The van der Waals surface area contributed by atoms with Crippen LogP contribution in [-0.2, 0) is 6.18 Å². The lowest BCUT2D eigenvalue weighted by Gasteiger charge is -2.13. The highest BCUT2D eigenvalue weighted by Crippen LogP contribution is 2.35. The van der Waals surface area contributed by atoms with E-state index in [1.54, 1.807) is 47.5 Å². The Hall–Kier alpha value is -3.75. The summed E-state index contributed by atoms with van der Waals surface area (Å²) in [5.41, 5.74) is 2.41. The van der Waals surface area contributed by atoms with Gasteiger partial charge in [0.2, 0.25) is 0 Å². The van der Waals surface area contributed by atoms with Crippen molar-refractivity contribution in [3.63, 3.8) is 0 Å². The number of benzene rings is 1. The van der Waals surface area contributed by atoms with Crippen LogP contribution in [0.2, 0.25) is 0 Å². The summed E-state index contributed by atoms with van der Waals surface area (Å²) in [7, 11) is 0. The second-order valence-electron chi connectivity index (χ2n) is 6.17. The predicted octanol–water partition coefficient (Wildman–Crippen LogP) is 4.59. The number of hydrogen-bond acceptors (Lipinski definition) is 5. The van der Waals surface area contributed by atoms with Gasteiger partial charge in [-0.1, -0.05) is 6.07 Å². The van der Waals surface area contributed by atoms with E-state index in [4.69, 9.17) is 0 Å². The number of aromatic nitrogens is 5. The minimum atomic E-state index is -4.42. The fraction of sp³-hybridized carbons (Fsp3) is 0.0526. The molecule has 4 heterocycles. The molecule has 0 aliphatic carbocycles.